The number of benzene rings is 1. The average Bonchev–Trinajstić information content (AvgIpc) is 2.33. The van der Waals surface area contributed by atoms with Crippen molar-refractivity contribution < 1.29 is 5.11 Å². The lowest BCUT2D eigenvalue weighted by molar-refractivity contribution is 0.175. The molecule has 17 heavy (non-hydrogen) atoms. The molecule has 0 spiro atoms. The van der Waals surface area contributed by atoms with Gasteiger partial charge in [-0.15, -0.1) is 0 Å². The zero-order chi connectivity index (χ0) is 12.1. The van der Waals surface area contributed by atoms with E-state index in [2.05, 4.69) is 20.9 Å². The van der Waals surface area contributed by atoms with Crippen molar-refractivity contribution in [3.05, 3.63) is 64.4 Å². The van der Waals surface area contributed by atoms with Crippen LogP contribution < -0.4 is 0 Å². The van der Waals surface area contributed by atoms with Crippen molar-refractivity contribution in [2.24, 2.45) is 0 Å². The van der Waals surface area contributed by atoms with Crippen LogP contribution in [0.5, 0.6) is 0 Å². The summed E-state index contributed by atoms with van der Waals surface area (Å²) in [7, 11) is 0. The van der Waals surface area contributed by atoms with Gasteiger partial charge in [0.05, 0.1) is 6.10 Å². The van der Waals surface area contributed by atoms with Gasteiger partial charge in [0.15, 0.2) is 0 Å². The molecule has 0 bridgehead atoms. The summed E-state index contributed by atoms with van der Waals surface area (Å²) in [6.07, 6.45) is 4.50. The van der Waals surface area contributed by atoms with Crippen molar-refractivity contribution in [2.75, 3.05) is 0 Å². The van der Waals surface area contributed by atoms with Crippen LogP contribution in [0.4, 0.5) is 0 Å². The summed E-state index contributed by atoms with van der Waals surface area (Å²) in [5.74, 6) is 0. The molecule has 2 aromatic rings. The molecule has 0 fully saturated rings. The molecule has 1 heterocycles. The summed E-state index contributed by atoms with van der Waals surface area (Å²) in [4.78, 5) is 3.96. The molecule has 2 nitrogen and oxygen atoms in total. The molecular formula is C14H14BrNO. The molecule has 0 radical (unpaired) electrons. The number of pyridine rings is 1. The highest BCUT2D eigenvalue weighted by atomic mass is 79.9. The van der Waals surface area contributed by atoms with Crippen LogP contribution in [0.3, 0.4) is 0 Å². The van der Waals surface area contributed by atoms with Crippen molar-refractivity contribution in [3.8, 4) is 0 Å². The van der Waals surface area contributed by atoms with Crippen molar-refractivity contribution in [1.29, 1.82) is 0 Å². The molecule has 0 aliphatic rings. The van der Waals surface area contributed by atoms with E-state index in [0.29, 0.717) is 12.8 Å². The molecule has 2 rings (SSSR count). The molecule has 0 aliphatic heterocycles. The van der Waals surface area contributed by atoms with Crippen LogP contribution >= 0.6 is 15.9 Å². The summed E-state index contributed by atoms with van der Waals surface area (Å²) >= 11 is 3.40. The van der Waals surface area contributed by atoms with Gasteiger partial charge in [0.1, 0.15) is 0 Å². The normalized spacial score (nSPS) is 12.4. The Hall–Kier alpha value is -1.19. The van der Waals surface area contributed by atoms with E-state index in [1.165, 1.54) is 0 Å². The maximum Gasteiger partial charge on any atom is 0.0620 e. The first-order chi connectivity index (χ1) is 8.24. The minimum Gasteiger partial charge on any atom is -0.392 e. The molecule has 1 aromatic heterocycles. The van der Waals surface area contributed by atoms with E-state index < -0.39 is 0 Å². The zero-order valence-electron chi connectivity index (χ0n) is 9.38. The molecule has 0 amide bonds. The Kier molecular flexibility index (Phi) is 4.29. The monoisotopic (exact) mass is 291 g/mol. The van der Waals surface area contributed by atoms with Gasteiger partial charge in [0.2, 0.25) is 0 Å². The van der Waals surface area contributed by atoms with Crippen LogP contribution in [0.15, 0.2) is 53.3 Å². The maximum atomic E-state index is 9.99. The van der Waals surface area contributed by atoms with E-state index in [4.69, 9.17) is 0 Å². The number of halogens is 1. The van der Waals surface area contributed by atoms with Gasteiger partial charge in [-0.2, -0.15) is 0 Å². The van der Waals surface area contributed by atoms with Gasteiger partial charge in [0.25, 0.3) is 0 Å². The molecule has 0 saturated heterocycles. The van der Waals surface area contributed by atoms with Crippen molar-refractivity contribution in [3.63, 3.8) is 0 Å². The maximum absolute atomic E-state index is 9.99. The van der Waals surface area contributed by atoms with Crippen LogP contribution in [0.2, 0.25) is 0 Å². The first-order valence-electron chi connectivity index (χ1n) is 5.55. The van der Waals surface area contributed by atoms with Crippen molar-refractivity contribution in [2.45, 2.75) is 18.9 Å². The smallest absolute Gasteiger partial charge is 0.0620 e. The number of hydrogen-bond acceptors (Lipinski definition) is 2. The first kappa shape index (κ1) is 12.3. The van der Waals surface area contributed by atoms with E-state index in [-0.39, 0.29) is 6.10 Å². The molecule has 1 unspecified atom stereocenters. The molecule has 1 N–H and O–H groups in total. The fourth-order valence-electron chi connectivity index (χ4n) is 1.76. The van der Waals surface area contributed by atoms with Crippen molar-refractivity contribution >= 4 is 15.9 Å². The molecule has 3 heteroatoms. The van der Waals surface area contributed by atoms with Crippen LogP contribution in [-0.4, -0.2) is 16.2 Å². The van der Waals surface area contributed by atoms with Gasteiger partial charge in [-0.25, -0.2) is 0 Å². The quantitative estimate of drug-likeness (QED) is 0.939. The average molecular weight is 292 g/mol. The third-order valence-electron chi connectivity index (χ3n) is 2.61. The van der Waals surface area contributed by atoms with Gasteiger partial charge < -0.3 is 5.11 Å². The molecule has 0 saturated carbocycles. The SMILES string of the molecule is OC(Cc1ccncc1)Cc1ccc(Br)cc1. The Labute approximate surface area is 109 Å². The van der Waals surface area contributed by atoms with Gasteiger partial charge in [-0.05, 0) is 48.2 Å². The lowest BCUT2D eigenvalue weighted by Gasteiger charge is -2.10. The van der Waals surface area contributed by atoms with E-state index in [0.717, 1.165) is 15.6 Å². The predicted molar refractivity (Wildman–Crippen MR) is 71.8 cm³/mol. The summed E-state index contributed by atoms with van der Waals surface area (Å²) < 4.78 is 1.06. The van der Waals surface area contributed by atoms with Crippen LogP contribution in [-0.2, 0) is 12.8 Å². The minimum absolute atomic E-state index is 0.349. The number of aliphatic hydroxyl groups excluding tert-OH is 1. The summed E-state index contributed by atoms with van der Waals surface area (Å²) in [6, 6.07) is 11.9. The summed E-state index contributed by atoms with van der Waals surface area (Å²) in [5, 5.41) is 9.99. The van der Waals surface area contributed by atoms with E-state index in [9.17, 15) is 5.11 Å². The van der Waals surface area contributed by atoms with Gasteiger partial charge in [0, 0.05) is 16.9 Å². The Morgan fingerprint density at radius 3 is 2.06 bits per heavy atom. The van der Waals surface area contributed by atoms with Crippen LogP contribution in [0, 0.1) is 0 Å². The zero-order valence-corrected chi connectivity index (χ0v) is 11.0. The lowest BCUT2D eigenvalue weighted by Crippen LogP contribution is -2.13. The van der Waals surface area contributed by atoms with Crippen molar-refractivity contribution in [1.82, 2.24) is 4.98 Å². The third-order valence-corrected chi connectivity index (χ3v) is 3.13. The highest BCUT2D eigenvalue weighted by Crippen LogP contribution is 2.13. The summed E-state index contributed by atoms with van der Waals surface area (Å²) in [5.41, 5.74) is 2.26. The van der Waals surface area contributed by atoms with Crippen LogP contribution in [0.25, 0.3) is 0 Å². The molecule has 88 valence electrons. The predicted octanol–water partition coefficient (Wildman–Crippen LogP) is 2.99. The van der Waals surface area contributed by atoms with E-state index in [1.54, 1.807) is 12.4 Å². The Bertz CT molecular complexity index is 455. The first-order valence-corrected chi connectivity index (χ1v) is 6.35. The van der Waals surface area contributed by atoms with E-state index >= 15 is 0 Å². The molecule has 1 aromatic carbocycles. The molecular weight excluding hydrogens is 278 g/mol. The Balaban J connectivity index is 1.93. The number of rotatable bonds is 4. The highest BCUT2D eigenvalue weighted by Gasteiger charge is 2.06. The van der Waals surface area contributed by atoms with Crippen LogP contribution in [0.1, 0.15) is 11.1 Å². The Morgan fingerprint density at radius 2 is 1.47 bits per heavy atom. The topological polar surface area (TPSA) is 33.1 Å². The standard InChI is InChI=1S/C14H14BrNO/c15-13-3-1-11(2-4-13)9-14(17)10-12-5-7-16-8-6-12/h1-8,14,17H,9-10H2. The summed E-state index contributed by atoms with van der Waals surface area (Å²) in [6.45, 7) is 0. The number of nitrogens with zero attached hydrogens (tertiary/aromatic N) is 1. The fraction of sp³-hybridized carbons (Fsp3) is 0.214. The minimum atomic E-state index is -0.349. The van der Waals surface area contributed by atoms with Gasteiger partial charge in [-0.1, -0.05) is 28.1 Å². The number of aliphatic hydroxyl groups is 1. The van der Waals surface area contributed by atoms with Gasteiger partial charge in [-0.3, -0.25) is 4.98 Å². The number of aromatic nitrogens is 1. The van der Waals surface area contributed by atoms with Gasteiger partial charge >= 0.3 is 0 Å². The molecule has 1 atom stereocenters. The lowest BCUT2D eigenvalue weighted by atomic mass is 10.0. The molecule has 0 aliphatic carbocycles. The fourth-order valence-corrected chi connectivity index (χ4v) is 2.02. The second-order valence-electron chi connectivity index (χ2n) is 4.04. The van der Waals surface area contributed by atoms with E-state index in [1.807, 2.05) is 36.4 Å². The Morgan fingerprint density at radius 1 is 0.941 bits per heavy atom. The number of hydrogen-bond donors (Lipinski definition) is 1. The second kappa shape index (κ2) is 5.94. The highest BCUT2D eigenvalue weighted by molar-refractivity contribution is 9.10. The second-order valence-corrected chi connectivity index (χ2v) is 4.96. The largest absolute Gasteiger partial charge is 0.392 e. The third kappa shape index (κ3) is 3.95.